The number of aromatic nitrogens is 3. The minimum absolute atomic E-state index is 0.0193. The second-order valence-corrected chi connectivity index (χ2v) is 9.25. The number of hydrogen-bond acceptors (Lipinski definition) is 5. The molecule has 0 aliphatic rings. The van der Waals surface area contributed by atoms with Gasteiger partial charge in [0.15, 0.2) is 0 Å². The molecule has 0 amide bonds. The zero-order valence-corrected chi connectivity index (χ0v) is 18.7. The quantitative estimate of drug-likeness (QED) is 0.396. The molecular weight excluding hydrogens is 467 g/mol. The first-order valence-corrected chi connectivity index (χ1v) is 11.6. The van der Waals surface area contributed by atoms with Crippen LogP contribution < -0.4 is 10.0 Å². The van der Waals surface area contributed by atoms with Gasteiger partial charge < -0.3 is 9.88 Å². The molecule has 176 valence electrons. The number of nitrogens with zero attached hydrogens (tertiary/aromatic N) is 3. The van der Waals surface area contributed by atoms with Crippen LogP contribution in [0.4, 0.5) is 24.7 Å². The van der Waals surface area contributed by atoms with E-state index in [4.69, 9.17) is 0 Å². The van der Waals surface area contributed by atoms with Crippen LogP contribution in [0.25, 0.3) is 11.3 Å². The average molecular weight is 488 g/mol. The monoisotopic (exact) mass is 487 g/mol. The van der Waals surface area contributed by atoms with E-state index in [1.54, 1.807) is 18.6 Å². The van der Waals surface area contributed by atoms with Gasteiger partial charge in [-0.2, -0.15) is 13.2 Å². The Balaban J connectivity index is 1.67. The fourth-order valence-corrected chi connectivity index (χ4v) is 4.24. The number of nitrogens with one attached hydrogen (secondary N) is 2. The molecule has 0 atom stereocenters. The summed E-state index contributed by atoms with van der Waals surface area (Å²) in [5, 5.41) is 2.91. The molecule has 0 radical (unpaired) electrons. The molecule has 11 heteroatoms. The first kappa shape index (κ1) is 23.5. The number of rotatable bonds is 7. The molecule has 7 nitrogen and oxygen atoms in total. The summed E-state index contributed by atoms with van der Waals surface area (Å²) in [6, 6.07) is 16.3. The Morgan fingerprint density at radius 2 is 1.76 bits per heavy atom. The van der Waals surface area contributed by atoms with Crippen molar-refractivity contribution in [2.75, 3.05) is 12.4 Å². The molecule has 2 N–H and O–H groups in total. The van der Waals surface area contributed by atoms with E-state index in [9.17, 15) is 21.6 Å². The number of anilines is 2. The van der Waals surface area contributed by atoms with Gasteiger partial charge in [0.25, 0.3) is 0 Å². The van der Waals surface area contributed by atoms with Gasteiger partial charge in [-0.05, 0) is 42.9 Å². The maximum atomic E-state index is 12.8. The Hall–Kier alpha value is -3.70. The van der Waals surface area contributed by atoms with Gasteiger partial charge in [-0.15, -0.1) is 0 Å². The first-order valence-electron chi connectivity index (χ1n) is 10.1. The lowest BCUT2D eigenvalue weighted by atomic mass is 10.1. The number of benzene rings is 2. The average Bonchev–Trinajstić information content (AvgIpc) is 3.28. The van der Waals surface area contributed by atoms with E-state index in [1.807, 2.05) is 34.9 Å². The lowest BCUT2D eigenvalue weighted by Crippen LogP contribution is -2.19. The Kier molecular flexibility index (Phi) is 6.40. The predicted molar refractivity (Wildman–Crippen MR) is 122 cm³/mol. The van der Waals surface area contributed by atoms with Crippen LogP contribution in [0.5, 0.6) is 0 Å². The molecule has 2 aromatic carbocycles. The maximum absolute atomic E-state index is 12.8. The van der Waals surface area contributed by atoms with E-state index in [-0.39, 0.29) is 10.7 Å². The molecule has 0 unspecified atom stereocenters. The minimum Gasteiger partial charge on any atom is -0.340 e. The van der Waals surface area contributed by atoms with E-state index in [0.29, 0.717) is 23.5 Å². The van der Waals surface area contributed by atoms with Crippen LogP contribution in [0.2, 0.25) is 0 Å². The second kappa shape index (κ2) is 9.27. The first-order chi connectivity index (χ1) is 16.2. The number of halogens is 3. The van der Waals surface area contributed by atoms with Gasteiger partial charge in [0.05, 0.1) is 22.5 Å². The number of imidazole rings is 1. The molecule has 0 spiro atoms. The van der Waals surface area contributed by atoms with Crippen LogP contribution in [-0.4, -0.2) is 30.0 Å². The van der Waals surface area contributed by atoms with E-state index in [1.165, 1.54) is 25.2 Å². The highest BCUT2D eigenvalue weighted by molar-refractivity contribution is 7.89. The van der Waals surface area contributed by atoms with Crippen molar-refractivity contribution in [3.63, 3.8) is 0 Å². The summed E-state index contributed by atoms with van der Waals surface area (Å²) in [7, 11) is -2.49. The van der Waals surface area contributed by atoms with Crippen LogP contribution in [0.3, 0.4) is 0 Å². The molecule has 0 aliphatic heterocycles. The van der Waals surface area contributed by atoms with E-state index in [2.05, 4.69) is 20.0 Å². The Morgan fingerprint density at radius 3 is 2.41 bits per heavy atom. The van der Waals surface area contributed by atoms with Crippen LogP contribution in [0.15, 0.2) is 84.3 Å². The van der Waals surface area contributed by atoms with Crippen molar-refractivity contribution in [3.05, 3.63) is 90.5 Å². The molecule has 0 aliphatic carbocycles. The summed E-state index contributed by atoms with van der Waals surface area (Å²) in [6.07, 6.45) is -0.415. The summed E-state index contributed by atoms with van der Waals surface area (Å²) in [6.45, 7) is 0.551. The fraction of sp³-hybridized carbons (Fsp3) is 0.130. The normalized spacial score (nSPS) is 12.0. The van der Waals surface area contributed by atoms with Crippen LogP contribution in [-0.2, 0) is 22.7 Å². The zero-order valence-electron chi connectivity index (χ0n) is 17.9. The molecule has 0 saturated carbocycles. The largest absolute Gasteiger partial charge is 0.417 e. The lowest BCUT2D eigenvalue weighted by Gasteiger charge is -2.12. The fourth-order valence-electron chi connectivity index (χ4n) is 3.32. The SMILES string of the molecule is CNS(=O)(=O)c1ccc(Nc2ccc(C(F)(F)F)cn2)cc1-c1cn(Cc2ccccc2)cn1. The molecule has 4 rings (SSSR count). The Morgan fingerprint density at radius 1 is 1.00 bits per heavy atom. The van der Waals surface area contributed by atoms with Gasteiger partial charge in [0.2, 0.25) is 10.0 Å². The number of alkyl halides is 3. The molecule has 2 heterocycles. The van der Waals surface area contributed by atoms with Crippen LogP contribution in [0.1, 0.15) is 11.1 Å². The molecule has 2 aromatic heterocycles. The van der Waals surface area contributed by atoms with Gasteiger partial charge in [-0.3, -0.25) is 0 Å². The predicted octanol–water partition coefficient (Wildman–Crippen LogP) is 4.66. The smallest absolute Gasteiger partial charge is 0.340 e. The van der Waals surface area contributed by atoms with E-state index >= 15 is 0 Å². The van der Waals surface area contributed by atoms with Crippen molar-refractivity contribution in [3.8, 4) is 11.3 Å². The summed E-state index contributed by atoms with van der Waals surface area (Å²) in [5.74, 6) is 0.179. The van der Waals surface area contributed by atoms with Crippen molar-refractivity contribution in [2.45, 2.75) is 17.6 Å². The molecule has 4 aromatic rings. The van der Waals surface area contributed by atoms with Gasteiger partial charge in [0, 0.05) is 30.2 Å². The number of sulfonamides is 1. The number of pyridine rings is 1. The maximum Gasteiger partial charge on any atom is 0.417 e. The Bertz CT molecular complexity index is 1390. The second-order valence-electron chi connectivity index (χ2n) is 7.39. The third-order valence-corrected chi connectivity index (χ3v) is 6.49. The van der Waals surface area contributed by atoms with Crippen molar-refractivity contribution in [1.29, 1.82) is 0 Å². The Labute approximate surface area is 194 Å². The number of hydrogen-bond donors (Lipinski definition) is 2. The lowest BCUT2D eigenvalue weighted by molar-refractivity contribution is -0.137. The summed E-state index contributed by atoms with van der Waals surface area (Å²) in [4.78, 5) is 8.20. The van der Waals surface area contributed by atoms with Crippen LogP contribution in [0, 0.1) is 0 Å². The molecule has 34 heavy (non-hydrogen) atoms. The van der Waals surface area contributed by atoms with Crippen molar-refractivity contribution in [2.24, 2.45) is 0 Å². The van der Waals surface area contributed by atoms with Crippen LogP contribution >= 0.6 is 0 Å². The van der Waals surface area contributed by atoms with E-state index in [0.717, 1.165) is 17.8 Å². The third kappa shape index (κ3) is 5.26. The molecule has 0 saturated heterocycles. The molecular formula is C23H20F3N5O2S. The molecule has 0 fully saturated rings. The van der Waals surface area contributed by atoms with Crippen molar-refractivity contribution >= 4 is 21.5 Å². The zero-order chi connectivity index (χ0) is 24.3. The third-order valence-electron chi connectivity index (χ3n) is 5.02. The standard InChI is InChI=1S/C23H20F3N5O2S/c1-27-34(32,33)21-9-8-18(30-22-10-7-17(12-28-22)23(24,25)26)11-19(21)20-14-31(15-29-20)13-16-5-3-2-4-6-16/h2-12,14-15,27H,13H2,1H3,(H,28,30). The van der Waals surface area contributed by atoms with Crippen molar-refractivity contribution in [1.82, 2.24) is 19.3 Å². The topological polar surface area (TPSA) is 88.9 Å². The highest BCUT2D eigenvalue weighted by atomic mass is 32.2. The highest BCUT2D eigenvalue weighted by Crippen LogP contribution is 2.32. The van der Waals surface area contributed by atoms with Gasteiger partial charge in [0.1, 0.15) is 5.82 Å². The highest BCUT2D eigenvalue weighted by Gasteiger charge is 2.30. The molecule has 0 bridgehead atoms. The van der Waals surface area contributed by atoms with Gasteiger partial charge >= 0.3 is 6.18 Å². The van der Waals surface area contributed by atoms with Crippen molar-refractivity contribution < 1.29 is 21.6 Å². The minimum atomic E-state index is -4.49. The summed E-state index contributed by atoms with van der Waals surface area (Å²) in [5.41, 5.74) is 1.39. The summed E-state index contributed by atoms with van der Waals surface area (Å²) >= 11 is 0. The summed E-state index contributed by atoms with van der Waals surface area (Å²) < 4.78 is 67.7. The van der Waals surface area contributed by atoms with Gasteiger partial charge in [-0.25, -0.2) is 23.1 Å². The van der Waals surface area contributed by atoms with Gasteiger partial charge in [-0.1, -0.05) is 30.3 Å². The van der Waals surface area contributed by atoms with E-state index < -0.39 is 21.8 Å².